The van der Waals surface area contributed by atoms with Gasteiger partial charge in [-0.05, 0) is 0 Å². The van der Waals surface area contributed by atoms with Gasteiger partial charge < -0.3 is 21.1 Å². The summed E-state index contributed by atoms with van der Waals surface area (Å²) in [5.74, 6) is -0.536. The molecular weight excluding hydrogens is 242 g/mol. The first-order valence-corrected chi connectivity index (χ1v) is 5.27. The average Bonchev–Trinajstić information content (AvgIpc) is 2.10. The van der Waals surface area contributed by atoms with E-state index in [4.69, 9.17) is 22.6 Å². The molecule has 0 bridgehead atoms. The second kappa shape index (κ2) is 7.73. The fourth-order valence-electron chi connectivity index (χ4n) is 0.714. The molecule has 0 aromatic carbocycles. The maximum Gasteiger partial charge on any atom is 0.394 e. The first-order valence-electron chi connectivity index (χ1n) is 3.88. The standard InChI is InChI=1S/C6H13N3O2.H2O4S/c1-7-4(6(10)11)5(8-2)9-3;1-5(2,3)4/h7-9H,1-3H3,(H,10,11);(H2,1,2,3,4). The summed E-state index contributed by atoms with van der Waals surface area (Å²) in [4.78, 5) is 10.5. The lowest BCUT2D eigenvalue weighted by molar-refractivity contribution is -0.133. The Labute approximate surface area is 93.1 Å². The molecule has 10 heteroatoms. The minimum absolute atomic E-state index is 0.120. The number of likely N-dealkylation sites (N-methyl/N-ethyl adjacent to an activating group) is 1. The number of carbonyl (C=O) groups is 1. The number of carboxylic acid groups (broad SMARTS) is 1. The Bertz CT molecular complexity index is 335. The molecule has 16 heavy (non-hydrogen) atoms. The first-order chi connectivity index (χ1) is 7.17. The highest BCUT2D eigenvalue weighted by Crippen LogP contribution is 1.91. The second-order valence-corrected chi connectivity index (χ2v) is 3.15. The largest absolute Gasteiger partial charge is 0.476 e. The molecule has 96 valence electrons. The third-order valence-corrected chi connectivity index (χ3v) is 1.21. The van der Waals surface area contributed by atoms with E-state index in [1.54, 1.807) is 21.1 Å². The van der Waals surface area contributed by atoms with Gasteiger partial charge in [-0.2, -0.15) is 8.42 Å². The minimum Gasteiger partial charge on any atom is -0.476 e. The maximum absolute atomic E-state index is 10.5. The van der Waals surface area contributed by atoms with Crippen LogP contribution in [0.4, 0.5) is 0 Å². The van der Waals surface area contributed by atoms with Crippen molar-refractivity contribution in [3.8, 4) is 0 Å². The molecule has 0 spiro atoms. The van der Waals surface area contributed by atoms with Crippen molar-refractivity contribution < 1.29 is 27.4 Å². The lowest BCUT2D eigenvalue weighted by Gasteiger charge is -2.09. The Morgan fingerprint density at radius 1 is 1.00 bits per heavy atom. The minimum atomic E-state index is -4.67. The van der Waals surface area contributed by atoms with Gasteiger partial charge in [-0.3, -0.25) is 9.11 Å². The number of rotatable bonds is 4. The number of aliphatic carboxylic acids is 1. The normalized spacial score (nSPS) is 9.31. The molecule has 0 atom stereocenters. The molecule has 0 heterocycles. The van der Waals surface area contributed by atoms with Crippen molar-refractivity contribution in [2.24, 2.45) is 0 Å². The third-order valence-electron chi connectivity index (χ3n) is 1.21. The van der Waals surface area contributed by atoms with E-state index in [2.05, 4.69) is 16.0 Å². The Kier molecular flexibility index (Phi) is 8.16. The summed E-state index contributed by atoms with van der Waals surface area (Å²) >= 11 is 0. The van der Waals surface area contributed by atoms with E-state index in [0.29, 0.717) is 5.82 Å². The zero-order chi connectivity index (χ0) is 13.4. The molecule has 0 aliphatic carbocycles. The van der Waals surface area contributed by atoms with Crippen LogP contribution in [0.1, 0.15) is 0 Å². The number of hydrogen-bond donors (Lipinski definition) is 6. The SMILES string of the molecule is CNC(NC)=C(NC)C(=O)O.O=S(=O)(O)O. The molecule has 0 aromatic heterocycles. The lowest BCUT2D eigenvalue weighted by atomic mass is 10.4. The second-order valence-electron chi connectivity index (χ2n) is 2.25. The van der Waals surface area contributed by atoms with Gasteiger partial charge in [0.1, 0.15) is 5.82 Å². The number of carboxylic acids is 1. The van der Waals surface area contributed by atoms with Crippen LogP contribution < -0.4 is 16.0 Å². The van der Waals surface area contributed by atoms with E-state index in [0.717, 1.165) is 0 Å². The Morgan fingerprint density at radius 3 is 1.38 bits per heavy atom. The van der Waals surface area contributed by atoms with Gasteiger partial charge in [0.15, 0.2) is 5.70 Å². The summed E-state index contributed by atoms with van der Waals surface area (Å²) in [6.07, 6.45) is 0. The van der Waals surface area contributed by atoms with Gasteiger partial charge in [0.25, 0.3) is 0 Å². The van der Waals surface area contributed by atoms with Crippen molar-refractivity contribution in [1.29, 1.82) is 0 Å². The number of nitrogens with one attached hydrogen (secondary N) is 3. The van der Waals surface area contributed by atoms with Crippen LogP contribution in [0.2, 0.25) is 0 Å². The van der Waals surface area contributed by atoms with Gasteiger partial charge in [0.05, 0.1) is 0 Å². The van der Waals surface area contributed by atoms with Crippen LogP contribution in [0.15, 0.2) is 11.5 Å². The molecule has 0 amide bonds. The molecule has 0 saturated carbocycles. The van der Waals surface area contributed by atoms with E-state index in [-0.39, 0.29) is 5.70 Å². The molecule has 0 saturated heterocycles. The Hall–Kier alpha value is -1.52. The zero-order valence-electron chi connectivity index (χ0n) is 8.97. The van der Waals surface area contributed by atoms with E-state index in [1.807, 2.05) is 0 Å². The van der Waals surface area contributed by atoms with Crippen LogP contribution in [-0.4, -0.2) is 49.7 Å². The van der Waals surface area contributed by atoms with Gasteiger partial charge in [-0.1, -0.05) is 0 Å². The van der Waals surface area contributed by atoms with Gasteiger partial charge in [0, 0.05) is 21.1 Å². The topological polar surface area (TPSA) is 148 Å². The van der Waals surface area contributed by atoms with Crippen molar-refractivity contribution in [3.63, 3.8) is 0 Å². The predicted molar refractivity (Wildman–Crippen MR) is 56.0 cm³/mol. The van der Waals surface area contributed by atoms with Crippen LogP contribution in [0.5, 0.6) is 0 Å². The van der Waals surface area contributed by atoms with Crippen LogP contribution >= 0.6 is 0 Å². The van der Waals surface area contributed by atoms with Crippen molar-refractivity contribution in [1.82, 2.24) is 16.0 Å². The number of hydrogen-bond acceptors (Lipinski definition) is 6. The summed E-state index contributed by atoms with van der Waals surface area (Å²) in [5.41, 5.74) is 0.120. The maximum atomic E-state index is 10.5. The fraction of sp³-hybridized carbons (Fsp3) is 0.500. The van der Waals surface area contributed by atoms with E-state index >= 15 is 0 Å². The Balaban J connectivity index is 0. The van der Waals surface area contributed by atoms with Crippen LogP contribution in [0.25, 0.3) is 0 Å². The predicted octanol–water partition coefficient (Wildman–Crippen LogP) is -1.75. The monoisotopic (exact) mass is 257 g/mol. The highest BCUT2D eigenvalue weighted by molar-refractivity contribution is 7.79. The Morgan fingerprint density at radius 2 is 1.31 bits per heavy atom. The average molecular weight is 257 g/mol. The van der Waals surface area contributed by atoms with Crippen LogP contribution in [0.3, 0.4) is 0 Å². The summed E-state index contributed by atoms with van der Waals surface area (Å²) in [6, 6.07) is 0. The highest BCUT2D eigenvalue weighted by Gasteiger charge is 2.09. The fourth-order valence-corrected chi connectivity index (χ4v) is 0.714. The van der Waals surface area contributed by atoms with E-state index in [9.17, 15) is 4.79 Å². The van der Waals surface area contributed by atoms with Gasteiger partial charge >= 0.3 is 16.4 Å². The molecule has 6 N–H and O–H groups in total. The van der Waals surface area contributed by atoms with Crippen LogP contribution in [-0.2, 0) is 15.2 Å². The highest BCUT2D eigenvalue weighted by atomic mass is 32.3. The molecule has 0 unspecified atom stereocenters. The molecule has 0 radical (unpaired) electrons. The van der Waals surface area contributed by atoms with Gasteiger partial charge in [0.2, 0.25) is 0 Å². The first kappa shape index (κ1) is 16.9. The zero-order valence-corrected chi connectivity index (χ0v) is 9.79. The quantitative estimate of drug-likeness (QED) is 0.254. The van der Waals surface area contributed by atoms with Crippen molar-refractivity contribution in [2.75, 3.05) is 21.1 Å². The van der Waals surface area contributed by atoms with Crippen LogP contribution in [0, 0.1) is 0 Å². The summed E-state index contributed by atoms with van der Waals surface area (Å²) in [7, 11) is 0.177. The van der Waals surface area contributed by atoms with E-state index < -0.39 is 16.4 Å². The molecule has 0 aliphatic rings. The summed E-state index contributed by atoms with van der Waals surface area (Å²) in [6.45, 7) is 0. The molecular formula is C6H15N3O6S. The molecule has 0 rings (SSSR count). The smallest absolute Gasteiger partial charge is 0.394 e. The molecule has 9 nitrogen and oxygen atoms in total. The van der Waals surface area contributed by atoms with Crippen molar-refractivity contribution in [3.05, 3.63) is 11.5 Å². The van der Waals surface area contributed by atoms with Gasteiger partial charge in [-0.25, -0.2) is 4.79 Å². The van der Waals surface area contributed by atoms with Crippen molar-refractivity contribution >= 4 is 16.4 Å². The van der Waals surface area contributed by atoms with Crippen molar-refractivity contribution in [2.45, 2.75) is 0 Å². The molecule has 0 aromatic rings. The third kappa shape index (κ3) is 10.6. The molecule has 0 aliphatic heterocycles. The van der Waals surface area contributed by atoms with E-state index in [1.165, 1.54) is 0 Å². The summed E-state index contributed by atoms with van der Waals surface area (Å²) in [5, 5.41) is 16.6. The summed E-state index contributed by atoms with van der Waals surface area (Å²) < 4.78 is 31.6. The lowest BCUT2D eigenvalue weighted by Crippen LogP contribution is -2.30. The molecule has 0 fully saturated rings. The van der Waals surface area contributed by atoms with Gasteiger partial charge in [-0.15, -0.1) is 0 Å².